The third-order valence-corrected chi connectivity index (χ3v) is 5.14. The molecule has 8 heteroatoms. The van der Waals surface area contributed by atoms with Crippen molar-refractivity contribution in [2.45, 2.75) is 12.8 Å². The van der Waals surface area contributed by atoms with E-state index in [1.807, 2.05) is 5.38 Å². The van der Waals surface area contributed by atoms with E-state index in [0.717, 1.165) is 0 Å². The molecule has 0 bridgehead atoms. The van der Waals surface area contributed by atoms with E-state index in [9.17, 15) is 9.59 Å². The van der Waals surface area contributed by atoms with Gasteiger partial charge in [0.15, 0.2) is 5.13 Å². The second-order valence-electron chi connectivity index (χ2n) is 5.96. The highest BCUT2D eigenvalue weighted by atomic mass is 32.1. The second kappa shape index (κ2) is 8.18. The van der Waals surface area contributed by atoms with Crippen LogP contribution in [0.15, 0.2) is 29.8 Å². The maximum atomic E-state index is 12.8. The number of aromatic nitrogens is 1. The maximum Gasteiger partial charge on any atom is 0.257 e. The third kappa shape index (κ3) is 3.96. The lowest BCUT2D eigenvalue weighted by atomic mass is 9.95. The largest absolute Gasteiger partial charge is 0.497 e. The molecule has 2 amide bonds. The van der Waals surface area contributed by atoms with Crippen molar-refractivity contribution < 1.29 is 19.1 Å². The van der Waals surface area contributed by atoms with Gasteiger partial charge in [0.25, 0.3) is 5.91 Å². The number of hydrogen-bond acceptors (Lipinski definition) is 6. The Labute approximate surface area is 155 Å². The molecule has 2 heterocycles. The maximum absolute atomic E-state index is 12.8. The number of ether oxygens (including phenoxy) is 2. The number of hydrogen-bond donors (Lipinski definition) is 1. The lowest BCUT2D eigenvalue weighted by molar-refractivity contribution is -0.121. The molecule has 0 atom stereocenters. The van der Waals surface area contributed by atoms with Crippen LogP contribution in [0.5, 0.6) is 11.5 Å². The number of carbonyl (C=O) groups excluding carboxylic acids is 2. The first-order valence-corrected chi connectivity index (χ1v) is 9.22. The summed E-state index contributed by atoms with van der Waals surface area (Å²) in [5, 5.41) is 5.26. The molecular formula is C18H21N3O4S. The zero-order valence-electron chi connectivity index (χ0n) is 14.7. The molecule has 0 saturated carbocycles. The molecule has 1 saturated heterocycles. The van der Waals surface area contributed by atoms with Gasteiger partial charge < -0.3 is 19.7 Å². The van der Waals surface area contributed by atoms with Crippen molar-refractivity contribution in [2.75, 3.05) is 32.6 Å². The van der Waals surface area contributed by atoms with Crippen LogP contribution in [0.4, 0.5) is 5.13 Å². The first-order valence-electron chi connectivity index (χ1n) is 8.34. The number of likely N-dealkylation sites (tertiary alicyclic amines) is 1. The number of piperidine rings is 1. The van der Waals surface area contributed by atoms with Crippen LogP contribution in [0.3, 0.4) is 0 Å². The fraction of sp³-hybridized carbons (Fsp3) is 0.389. The summed E-state index contributed by atoms with van der Waals surface area (Å²) in [6, 6.07) is 5.15. The highest BCUT2D eigenvalue weighted by Gasteiger charge is 2.29. The van der Waals surface area contributed by atoms with Crippen LogP contribution in [0.25, 0.3) is 0 Å². The van der Waals surface area contributed by atoms with E-state index in [0.29, 0.717) is 48.1 Å². The quantitative estimate of drug-likeness (QED) is 0.869. The fourth-order valence-corrected chi connectivity index (χ4v) is 3.51. The average molecular weight is 375 g/mol. The van der Waals surface area contributed by atoms with Gasteiger partial charge in [0.2, 0.25) is 5.91 Å². The molecule has 1 fully saturated rings. The topological polar surface area (TPSA) is 80.8 Å². The van der Waals surface area contributed by atoms with Gasteiger partial charge in [-0.1, -0.05) is 0 Å². The summed E-state index contributed by atoms with van der Waals surface area (Å²) in [5.74, 6) is 0.882. The minimum Gasteiger partial charge on any atom is -0.497 e. The summed E-state index contributed by atoms with van der Waals surface area (Å²) >= 11 is 1.39. The molecule has 0 unspecified atom stereocenters. The van der Waals surface area contributed by atoms with Crippen LogP contribution in [-0.2, 0) is 4.79 Å². The molecule has 1 N–H and O–H groups in total. The monoisotopic (exact) mass is 375 g/mol. The van der Waals surface area contributed by atoms with Crippen molar-refractivity contribution in [2.24, 2.45) is 5.92 Å². The molecule has 1 aliphatic heterocycles. The summed E-state index contributed by atoms with van der Waals surface area (Å²) in [6.07, 6.45) is 2.91. The zero-order chi connectivity index (χ0) is 18.5. The number of benzene rings is 1. The Morgan fingerprint density at radius 2 is 2.00 bits per heavy atom. The Hall–Kier alpha value is -2.61. The minimum absolute atomic E-state index is 0.0333. The first-order chi connectivity index (χ1) is 12.6. The molecule has 0 aliphatic carbocycles. The first kappa shape index (κ1) is 18.2. The van der Waals surface area contributed by atoms with Crippen molar-refractivity contribution in [1.29, 1.82) is 0 Å². The van der Waals surface area contributed by atoms with Gasteiger partial charge in [-0.2, -0.15) is 0 Å². The third-order valence-electron chi connectivity index (χ3n) is 4.45. The predicted molar refractivity (Wildman–Crippen MR) is 98.9 cm³/mol. The van der Waals surface area contributed by atoms with Crippen molar-refractivity contribution >= 4 is 28.3 Å². The average Bonchev–Trinajstić information content (AvgIpc) is 3.20. The van der Waals surface area contributed by atoms with E-state index in [1.54, 1.807) is 36.4 Å². The van der Waals surface area contributed by atoms with E-state index in [-0.39, 0.29) is 17.7 Å². The Balaban J connectivity index is 1.61. The molecule has 1 aromatic heterocycles. The lowest BCUT2D eigenvalue weighted by Crippen LogP contribution is -2.41. The van der Waals surface area contributed by atoms with E-state index < -0.39 is 0 Å². The number of methoxy groups -OCH3 is 2. The van der Waals surface area contributed by atoms with Gasteiger partial charge in [-0.05, 0) is 25.0 Å². The predicted octanol–water partition coefficient (Wildman–Crippen LogP) is 2.65. The SMILES string of the molecule is COc1ccc(C(=O)N2CCC(C(=O)Nc3nccs3)CC2)c(OC)c1. The van der Waals surface area contributed by atoms with E-state index in [4.69, 9.17) is 9.47 Å². The molecule has 2 aromatic rings. The van der Waals surface area contributed by atoms with E-state index in [1.165, 1.54) is 18.4 Å². The lowest BCUT2D eigenvalue weighted by Gasteiger charge is -2.31. The Bertz CT molecular complexity index is 771. The highest BCUT2D eigenvalue weighted by Crippen LogP contribution is 2.28. The Morgan fingerprint density at radius 3 is 2.62 bits per heavy atom. The summed E-state index contributed by atoms with van der Waals surface area (Å²) < 4.78 is 10.5. The number of anilines is 1. The van der Waals surface area contributed by atoms with Gasteiger partial charge in [-0.25, -0.2) is 4.98 Å². The number of rotatable bonds is 5. The number of carbonyl (C=O) groups is 2. The second-order valence-corrected chi connectivity index (χ2v) is 6.85. The minimum atomic E-state index is -0.110. The van der Waals surface area contributed by atoms with Crippen LogP contribution < -0.4 is 14.8 Å². The van der Waals surface area contributed by atoms with Gasteiger partial charge >= 0.3 is 0 Å². The molecule has 7 nitrogen and oxygen atoms in total. The molecule has 26 heavy (non-hydrogen) atoms. The normalized spacial score (nSPS) is 14.8. The molecular weight excluding hydrogens is 354 g/mol. The van der Waals surface area contributed by atoms with Crippen LogP contribution in [0, 0.1) is 5.92 Å². The van der Waals surface area contributed by atoms with Crippen molar-refractivity contribution in [3.8, 4) is 11.5 Å². The summed E-state index contributed by atoms with van der Waals surface area (Å²) in [5.41, 5.74) is 0.499. The van der Waals surface area contributed by atoms with Gasteiger partial charge in [0, 0.05) is 36.7 Å². The smallest absolute Gasteiger partial charge is 0.257 e. The molecule has 0 spiro atoms. The number of nitrogens with zero attached hydrogens (tertiary/aromatic N) is 2. The fourth-order valence-electron chi connectivity index (χ4n) is 2.98. The number of nitrogens with one attached hydrogen (secondary N) is 1. The Kier molecular flexibility index (Phi) is 5.72. The van der Waals surface area contributed by atoms with Crippen molar-refractivity contribution in [3.63, 3.8) is 0 Å². The molecule has 0 radical (unpaired) electrons. The van der Waals surface area contributed by atoms with E-state index in [2.05, 4.69) is 10.3 Å². The molecule has 1 aromatic carbocycles. The van der Waals surface area contributed by atoms with E-state index >= 15 is 0 Å². The Morgan fingerprint density at radius 1 is 1.23 bits per heavy atom. The van der Waals surface area contributed by atoms with Gasteiger partial charge in [0.1, 0.15) is 11.5 Å². The van der Waals surface area contributed by atoms with Crippen LogP contribution >= 0.6 is 11.3 Å². The summed E-state index contributed by atoms with van der Waals surface area (Å²) in [4.78, 5) is 30.9. The van der Waals surface area contributed by atoms with Gasteiger partial charge in [-0.15, -0.1) is 11.3 Å². The summed E-state index contributed by atoms with van der Waals surface area (Å²) in [7, 11) is 3.10. The van der Waals surface area contributed by atoms with Crippen LogP contribution in [0.1, 0.15) is 23.2 Å². The highest BCUT2D eigenvalue weighted by molar-refractivity contribution is 7.13. The summed E-state index contributed by atoms with van der Waals surface area (Å²) in [6.45, 7) is 1.06. The van der Waals surface area contributed by atoms with Crippen molar-refractivity contribution in [1.82, 2.24) is 9.88 Å². The number of amides is 2. The molecule has 3 rings (SSSR count). The number of thiazole rings is 1. The van der Waals surface area contributed by atoms with Gasteiger partial charge in [0.05, 0.1) is 19.8 Å². The van der Waals surface area contributed by atoms with Crippen LogP contribution in [-0.4, -0.2) is 49.0 Å². The molecule has 138 valence electrons. The zero-order valence-corrected chi connectivity index (χ0v) is 15.5. The standard InChI is InChI=1S/C18H21N3O4S/c1-24-13-3-4-14(15(11-13)25-2)17(23)21-8-5-12(6-9-21)16(22)20-18-19-7-10-26-18/h3-4,7,10-12H,5-6,8-9H2,1-2H3,(H,19,20,22). The van der Waals surface area contributed by atoms with Crippen molar-refractivity contribution in [3.05, 3.63) is 35.3 Å². The van der Waals surface area contributed by atoms with Gasteiger partial charge in [-0.3, -0.25) is 9.59 Å². The molecule has 1 aliphatic rings. The van der Waals surface area contributed by atoms with Crippen LogP contribution in [0.2, 0.25) is 0 Å².